The second kappa shape index (κ2) is 7.65. The minimum Gasteiger partial charge on any atom is -0.321 e. The molecule has 0 spiro atoms. The molecular formula is C20H15F5N2O2. The van der Waals surface area contributed by atoms with Crippen molar-refractivity contribution in [3.63, 3.8) is 0 Å². The van der Waals surface area contributed by atoms with Gasteiger partial charge in [-0.05, 0) is 48.2 Å². The molecule has 2 aromatic carbocycles. The number of amides is 1. The summed E-state index contributed by atoms with van der Waals surface area (Å²) in [7, 11) is 0. The number of halogens is 5. The van der Waals surface area contributed by atoms with Gasteiger partial charge in [0, 0.05) is 12.2 Å². The number of benzene rings is 2. The van der Waals surface area contributed by atoms with Crippen LogP contribution in [0.2, 0.25) is 0 Å². The van der Waals surface area contributed by atoms with Crippen LogP contribution in [0.3, 0.4) is 0 Å². The van der Waals surface area contributed by atoms with E-state index in [-0.39, 0.29) is 28.7 Å². The molecule has 152 valence electrons. The number of rotatable bonds is 4. The lowest BCUT2D eigenvalue weighted by Gasteiger charge is -2.15. The quantitative estimate of drug-likeness (QED) is 0.618. The fraction of sp³-hybridized carbons (Fsp3) is 0.200. The van der Waals surface area contributed by atoms with Gasteiger partial charge in [0.05, 0.1) is 10.9 Å². The first kappa shape index (κ1) is 20.5. The van der Waals surface area contributed by atoms with Crippen LogP contribution in [0.5, 0.6) is 0 Å². The van der Waals surface area contributed by atoms with Crippen molar-refractivity contribution in [3.05, 3.63) is 75.7 Å². The minimum atomic E-state index is -4.59. The molecule has 1 amide bonds. The first-order valence-electron chi connectivity index (χ1n) is 8.63. The molecule has 0 radical (unpaired) electrons. The van der Waals surface area contributed by atoms with Gasteiger partial charge in [0.15, 0.2) is 11.6 Å². The number of nitrogens with one attached hydrogen (secondary N) is 1. The van der Waals surface area contributed by atoms with Gasteiger partial charge in [-0.2, -0.15) is 13.2 Å². The monoisotopic (exact) mass is 410 g/mol. The number of hydrogen-bond acceptors (Lipinski definition) is 2. The van der Waals surface area contributed by atoms with E-state index in [2.05, 4.69) is 5.32 Å². The van der Waals surface area contributed by atoms with Gasteiger partial charge < -0.3 is 9.88 Å². The number of pyridine rings is 1. The number of fused-ring (bicyclic) bond motifs is 1. The topological polar surface area (TPSA) is 51.1 Å². The lowest BCUT2D eigenvalue weighted by Crippen LogP contribution is -2.29. The second-order valence-corrected chi connectivity index (χ2v) is 6.37. The van der Waals surface area contributed by atoms with Crippen LogP contribution in [0.4, 0.5) is 27.6 Å². The van der Waals surface area contributed by atoms with Crippen molar-refractivity contribution in [2.45, 2.75) is 26.1 Å². The van der Waals surface area contributed by atoms with Crippen LogP contribution >= 0.6 is 0 Å². The van der Waals surface area contributed by atoms with E-state index in [1.54, 1.807) is 6.92 Å². The summed E-state index contributed by atoms with van der Waals surface area (Å²) in [4.78, 5) is 25.4. The first-order valence-corrected chi connectivity index (χ1v) is 8.63. The van der Waals surface area contributed by atoms with E-state index in [9.17, 15) is 31.5 Å². The van der Waals surface area contributed by atoms with Gasteiger partial charge >= 0.3 is 6.18 Å². The molecule has 0 atom stereocenters. The van der Waals surface area contributed by atoms with E-state index in [0.29, 0.717) is 6.42 Å². The second-order valence-electron chi connectivity index (χ2n) is 6.37. The average Bonchev–Trinajstić information content (AvgIpc) is 2.65. The predicted octanol–water partition coefficient (Wildman–Crippen LogP) is 4.96. The molecule has 1 aromatic heterocycles. The van der Waals surface area contributed by atoms with Gasteiger partial charge in [0.2, 0.25) is 0 Å². The zero-order chi connectivity index (χ0) is 21.3. The summed E-state index contributed by atoms with van der Waals surface area (Å²) in [6.45, 7) is 1.86. The fourth-order valence-electron chi connectivity index (χ4n) is 2.95. The Morgan fingerprint density at radius 1 is 1.07 bits per heavy atom. The molecule has 0 unspecified atom stereocenters. The number of alkyl halides is 3. The molecule has 0 saturated carbocycles. The largest absolute Gasteiger partial charge is 0.416 e. The highest BCUT2D eigenvalue weighted by Gasteiger charge is 2.30. The van der Waals surface area contributed by atoms with Crippen molar-refractivity contribution in [3.8, 4) is 0 Å². The Bertz CT molecular complexity index is 1150. The van der Waals surface area contributed by atoms with Crippen molar-refractivity contribution in [1.29, 1.82) is 0 Å². The highest BCUT2D eigenvalue weighted by atomic mass is 19.4. The summed E-state index contributed by atoms with van der Waals surface area (Å²) in [6, 6.07) is 6.78. The zero-order valence-corrected chi connectivity index (χ0v) is 15.1. The smallest absolute Gasteiger partial charge is 0.321 e. The molecule has 1 heterocycles. The van der Waals surface area contributed by atoms with Gasteiger partial charge in [-0.25, -0.2) is 8.78 Å². The molecule has 29 heavy (non-hydrogen) atoms. The maximum absolute atomic E-state index is 13.6. The van der Waals surface area contributed by atoms with E-state index in [4.69, 9.17) is 0 Å². The van der Waals surface area contributed by atoms with Crippen molar-refractivity contribution >= 4 is 22.4 Å². The first-order chi connectivity index (χ1) is 13.6. The SMILES string of the molecule is CCCn1c(C(=O)Nc2cccc(C(F)(F)F)c2)cc2cc(F)c(F)cc2c1=O. The minimum absolute atomic E-state index is 0.00967. The number of hydrogen-bond donors (Lipinski definition) is 1. The third kappa shape index (κ3) is 4.13. The van der Waals surface area contributed by atoms with E-state index >= 15 is 0 Å². The van der Waals surface area contributed by atoms with Crippen LogP contribution in [0.1, 0.15) is 29.4 Å². The molecule has 0 aliphatic carbocycles. The highest BCUT2D eigenvalue weighted by molar-refractivity contribution is 6.05. The van der Waals surface area contributed by atoms with Crippen LogP contribution in [0.25, 0.3) is 10.8 Å². The maximum Gasteiger partial charge on any atom is 0.416 e. The number of carbonyl (C=O) groups excluding carboxylic acids is 1. The average molecular weight is 410 g/mol. The van der Waals surface area contributed by atoms with Crippen molar-refractivity contribution < 1.29 is 26.7 Å². The predicted molar refractivity (Wildman–Crippen MR) is 97.8 cm³/mol. The van der Waals surface area contributed by atoms with Crippen molar-refractivity contribution in [2.24, 2.45) is 0 Å². The number of aromatic nitrogens is 1. The Morgan fingerprint density at radius 3 is 2.41 bits per heavy atom. The molecule has 9 heteroatoms. The third-order valence-electron chi connectivity index (χ3n) is 4.28. The molecule has 0 aliphatic rings. The number of anilines is 1. The molecule has 1 N–H and O–H groups in total. The molecule has 0 saturated heterocycles. The van der Waals surface area contributed by atoms with Crippen LogP contribution in [-0.4, -0.2) is 10.5 Å². The van der Waals surface area contributed by atoms with Crippen LogP contribution in [0, 0.1) is 11.6 Å². The number of carbonyl (C=O) groups is 1. The summed E-state index contributed by atoms with van der Waals surface area (Å²) in [5.74, 6) is -3.23. The molecule has 0 aliphatic heterocycles. The van der Waals surface area contributed by atoms with E-state index in [1.807, 2.05) is 0 Å². The third-order valence-corrected chi connectivity index (χ3v) is 4.28. The van der Waals surface area contributed by atoms with Crippen LogP contribution in [-0.2, 0) is 12.7 Å². The molecular weight excluding hydrogens is 395 g/mol. The molecule has 3 rings (SSSR count). The Hall–Kier alpha value is -3.23. The summed E-state index contributed by atoms with van der Waals surface area (Å²) in [5.41, 5.74) is -1.94. The van der Waals surface area contributed by atoms with Crippen LogP contribution < -0.4 is 10.9 Å². The Kier molecular flexibility index (Phi) is 5.41. The van der Waals surface area contributed by atoms with E-state index < -0.39 is 34.8 Å². The zero-order valence-electron chi connectivity index (χ0n) is 15.1. The standard InChI is InChI=1S/C20H15F5N2O2/c1-2-6-27-17(8-11-7-15(21)16(22)10-14(11)19(27)29)18(28)26-13-5-3-4-12(9-13)20(23,24)25/h3-5,7-10H,2,6H2,1H3,(H,26,28). The molecule has 4 nitrogen and oxygen atoms in total. The van der Waals surface area contributed by atoms with Crippen molar-refractivity contribution in [1.82, 2.24) is 4.57 Å². The summed E-state index contributed by atoms with van der Waals surface area (Å²) in [6.07, 6.45) is -4.13. The van der Waals surface area contributed by atoms with Gasteiger partial charge in [0.25, 0.3) is 11.5 Å². The van der Waals surface area contributed by atoms with Gasteiger partial charge in [-0.1, -0.05) is 13.0 Å². The van der Waals surface area contributed by atoms with Gasteiger partial charge in [-0.3, -0.25) is 9.59 Å². The molecule has 0 bridgehead atoms. The van der Waals surface area contributed by atoms with Gasteiger partial charge in [-0.15, -0.1) is 0 Å². The number of nitrogens with zero attached hydrogens (tertiary/aromatic N) is 1. The Balaban J connectivity index is 2.08. The van der Waals surface area contributed by atoms with E-state index in [1.165, 1.54) is 12.1 Å². The molecule has 0 fully saturated rings. The molecule has 3 aromatic rings. The summed E-state index contributed by atoms with van der Waals surface area (Å²) in [5, 5.41) is 2.23. The van der Waals surface area contributed by atoms with Crippen LogP contribution in [0.15, 0.2) is 47.3 Å². The normalized spacial score (nSPS) is 11.7. The Labute approximate surface area is 161 Å². The van der Waals surface area contributed by atoms with Crippen molar-refractivity contribution in [2.75, 3.05) is 5.32 Å². The lowest BCUT2D eigenvalue weighted by atomic mass is 10.1. The van der Waals surface area contributed by atoms with Gasteiger partial charge in [0.1, 0.15) is 5.69 Å². The van der Waals surface area contributed by atoms with E-state index in [0.717, 1.165) is 34.9 Å². The fourth-order valence-corrected chi connectivity index (χ4v) is 2.95. The summed E-state index contributed by atoms with van der Waals surface area (Å²) >= 11 is 0. The lowest BCUT2D eigenvalue weighted by molar-refractivity contribution is -0.137. The highest BCUT2D eigenvalue weighted by Crippen LogP contribution is 2.30. The Morgan fingerprint density at radius 2 is 1.76 bits per heavy atom. The maximum atomic E-state index is 13.6. The summed E-state index contributed by atoms with van der Waals surface area (Å²) < 4.78 is 66.8.